The summed E-state index contributed by atoms with van der Waals surface area (Å²) >= 11 is 16.6. The number of carboxylic acid groups (broad SMARTS) is 1. The fraction of sp³-hybridized carbons (Fsp3) is 0.125. The molecule has 0 heterocycles. The fourth-order valence-electron chi connectivity index (χ4n) is 0.718. The number of hydrogen-bond donors (Lipinski definition) is 0. The van der Waals surface area contributed by atoms with Crippen LogP contribution in [0.1, 0.15) is 0 Å². The molecule has 7 heteroatoms. The van der Waals surface area contributed by atoms with Gasteiger partial charge in [-0.2, -0.15) is 0 Å². The summed E-state index contributed by atoms with van der Waals surface area (Å²) in [6.45, 7) is 0. The van der Waals surface area contributed by atoms with Crippen LogP contribution in [0.4, 0.5) is 0 Å². The maximum Gasteiger partial charge on any atom is 1.00 e. The monoisotopic (exact) mass is 292 g/mol. The van der Waals surface area contributed by atoms with Gasteiger partial charge in [-0.1, -0.05) is 34.8 Å². The first kappa shape index (κ1) is 16.0. The van der Waals surface area contributed by atoms with E-state index in [0.717, 1.165) is 0 Å². The molecule has 0 aromatic heterocycles. The van der Waals surface area contributed by atoms with Crippen molar-refractivity contribution in [3.05, 3.63) is 28.2 Å². The SMILES string of the molecule is O=C([O-])C(Cl)Oc1ccc(Cl)c(Cl)c1.[K+]. The van der Waals surface area contributed by atoms with E-state index in [9.17, 15) is 9.90 Å². The molecular formula is C8H4Cl3KO3. The average molecular weight is 294 g/mol. The van der Waals surface area contributed by atoms with Gasteiger partial charge in [0.15, 0.2) is 0 Å². The Hall–Kier alpha value is 0.996. The number of carboxylic acids is 1. The minimum absolute atomic E-state index is 0. The van der Waals surface area contributed by atoms with Gasteiger partial charge in [0.2, 0.25) is 5.56 Å². The van der Waals surface area contributed by atoms with E-state index in [1.54, 1.807) is 0 Å². The van der Waals surface area contributed by atoms with Crippen molar-refractivity contribution in [2.45, 2.75) is 5.56 Å². The van der Waals surface area contributed by atoms with Crippen molar-refractivity contribution in [3.63, 3.8) is 0 Å². The molecule has 0 N–H and O–H groups in total. The van der Waals surface area contributed by atoms with Gasteiger partial charge in [-0.05, 0) is 12.1 Å². The van der Waals surface area contributed by atoms with Crippen LogP contribution < -0.4 is 61.2 Å². The van der Waals surface area contributed by atoms with E-state index in [1.165, 1.54) is 18.2 Å². The number of aliphatic carboxylic acids is 1. The van der Waals surface area contributed by atoms with E-state index in [0.29, 0.717) is 5.02 Å². The summed E-state index contributed by atoms with van der Waals surface area (Å²) in [6.07, 6.45) is 0. The quantitative estimate of drug-likeness (QED) is 0.514. The number of halogens is 3. The van der Waals surface area contributed by atoms with Crippen LogP contribution in [0.25, 0.3) is 0 Å². The standard InChI is InChI=1S/C8H5Cl3O3.K/c9-5-2-1-4(3-6(5)10)14-7(11)8(12)13;/h1-3,7H,(H,12,13);/q;+1/p-1. The van der Waals surface area contributed by atoms with Gasteiger partial charge in [-0.15, -0.1) is 0 Å². The van der Waals surface area contributed by atoms with Gasteiger partial charge < -0.3 is 14.6 Å². The molecule has 0 amide bonds. The predicted octanol–water partition coefficient (Wildman–Crippen LogP) is -1.31. The van der Waals surface area contributed by atoms with Gasteiger partial charge in [0.05, 0.1) is 16.0 Å². The molecule has 0 aliphatic rings. The van der Waals surface area contributed by atoms with Crippen LogP contribution >= 0.6 is 34.8 Å². The Morgan fingerprint density at radius 1 is 1.33 bits per heavy atom. The zero-order valence-corrected chi connectivity index (χ0v) is 13.1. The van der Waals surface area contributed by atoms with Crippen molar-refractivity contribution < 1.29 is 66.0 Å². The topological polar surface area (TPSA) is 49.4 Å². The van der Waals surface area contributed by atoms with Gasteiger partial charge in [-0.3, -0.25) is 0 Å². The van der Waals surface area contributed by atoms with E-state index in [2.05, 4.69) is 0 Å². The maximum atomic E-state index is 10.2. The predicted molar refractivity (Wildman–Crippen MR) is 51.7 cm³/mol. The van der Waals surface area contributed by atoms with Gasteiger partial charge in [0.25, 0.3) is 0 Å². The third-order valence-electron chi connectivity index (χ3n) is 1.32. The first-order valence-electron chi connectivity index (χ1n) is 3.47. The summed E-state index contributed by atoms with van der Waals surface area (Å²) in [5.74, 6) is -1.30. The number of alkyl halides is 1. The normalized spacial score (nSPS) is 11.4. The van der Waals surface area contributed by atoms with E-state index >= 15 is 0 Å². The van der Waals surface area contributed by atoms with Gasteiger partial charge in [0, 0.05) is 6.07 Å². The van der Waals surface area contributed by atoms with Crippen molar-refractivity contribution in [1.29, 1.82) is 0 Å². The minimum Gasteiger partial charge on any atom is -0.545 e. The number of rotatable bonds is 3. The Labute approximate surface area is 144 Å². The van der Waals surface area contributed by atoms with Gasteiger partial charge >= 0.3 is 51.4 Å². The summed E-state index contributed by atoms with van der Waals surface area (Å²) in [5, 5.41) is 10.8. The van der Waals surface area contributed by atoms with Gasteiger partial charge in [0.1, 0.15) is 5.75 Å². The van der Waals surface area contributed by atoms with Crippen LogP contribution in [-0.4, -0.2) is 11.5 Å². The van der Waals surface area contributed by atoms with Crippen molar-refractivity contribution >= 4 is 40.8 Å². The van der Waals surface area contributed by atoms with Crippen LogP contribution in [0.5, 0.6) is 5.75 Å². The molecule has 1 aromatic carbocycles. The molecule has 0 aliphatic heterocycles. The summed E-state index contributed by atoms with van der Waals surface area (Å²) in [4.78, 5) is 10.2. The Kier molecular flexibility index (Phi) is 7.84. The molecule has 1 unspecified atom stereocenters. The minimum atomic E-state index is -1.55. The summed E-state index contributed by atoms with van der Waals surface area (Å²) in [6, 6.07) is 4.28. The Bertz CT molecular complexity index is 359. The number of carbonyl (C=O) groups excluding carboxylic acids is 1. The Morgan fingerprint density at radius 2 is 1.93 bits per heavy atom. The molecule has 0 spiro atoms. The van der Waals surface area contributed by atoms with Crippen LogP contribution in [0.15, 0.2) is 18.2 Å². The van der Waals surface area contributed by atoms with E-state index < -0.39 is 11.5 Å². The maximum absolute atomic E-state index is 10.2. The molecule has 76 valence electrons. The van der Waals surface area contributed by atoms with E-state index in [1.807, 2.05) is 0 Å². The molecule has 0 radical (unpaired) electrons. The zero-order valence-electron chi connectivity index (χ0n) is 7.67. The van der Waals surface area contributed by atoms with E-state index in [-0.39, 0.29) is 62.2 Å². The summed E-state index contributed by atoms with van der Waals surface area (Å²) < 4.78 is 4.77. The number of carbonyl (C=O) groups is 1. The number of hydrogen-bond acceptors (Lipinski definition) is 3. The van der Waals surface area contributed by atoms with E-state index in [4.69, 9.17) is 39.5 Å². The first-order chi connectivity index (χ1) is 6.50. The fourth-order valence-corrected chi connectivity index (χ4v) is 1.11. The smallest absolute Gasteiger partial charge is 0.545 e. The molecule has 0 saturated carbocycles. The van der Waals surface area contributed by atoms with Crippen LogP contribution in [-0.2, 0) is 4.79 Å². The molecule has 15 heavy (non-hydrogen) atoms. The summed E-state index contributed by atoms with van der Waals surface area (Å²) in [5.41, 5.74) is -1.55. The van der Waals surface area contributed by atoms with Crippen LogP contribution in [0.2, 0.25) is 10.0 Å². The number of benzene rings is 1. The second-order valence-corrected chi connectivity index (χ2v) is 3.54. The number of ether oxygens (including phenoxy) is 1. The third kappa shape index (κ3) is 5.24. The molecule has 1 aromatic rings. The molecule has 0 aliphatic carbocycles. The molecule has 0 bridgehead atoms. The average Bonchev–Trinajstić information content (AvgIpc) is 2.11. The van der Waals surface area contributed by atoms with Crippen molar-refractivity contribution in [1.82, 2.24) is 0 Å². The Balaban J connectivity index is 0.00000196. The molecular weight excluding hydrogens is 290 g/mol. The van der Waals surface area contributed by atoms with Crippen LogP contribution in [0.3, 0.4) is 0 Å². The summed E-state index contributed by atoms with van der Waals surface area (Å²) in [7, 11) is 0. The van der Waals surface area contributed by atoms with Crippen molar-refractivity contribution in [2.24, 2.45) is 0 Å². The van der Waals surface area contributed by atoms with Gasteiger partial charge in [-0.25, -0.2) is 0 Å². The van der Waals surface area contributed by atoms with Crippen LogP contribution in [0, 0.1) is 0 Å². The largest absolute Gasteiger partial charge is 1.00 e. The molecule has 3 nitrogen and oxygen atoms in total. The second kappa shape index (κ2) is 7.35. The molecule has 0 fully saturated rings. The zero-order chi connectivity index (χ0) is 10.7. The van der Waals surface area contributed by atoms with Crippen molar-refractivity contribution in [3.8, 4) is 5.75 Å². The molecule has 1 rings (SSSR count). The first-order valence-corrected chi connectivity index (χ1v) is 4.66. The Morgan fingerprint density at radius 3 is 2.40 bits per heavy atom. The third-order valence-corrected chi connectivity index (χ3v) is 2.32. The molecule has 0 saturated heterocycles. The molecule has 1 atom stereocenters. The van der Waals surface area contributed by atoms with Crippen molar-refractivity contribution in [2.75, 3.05) is 0 Å². The second-order valence-electron chi connectivity index (χ2n) is 2.33.